The summed E-state index contributed by atoms with van der Waals surface area (Å²) in [7, 11) is 3.99. The van der Waals surface area contributed by atoms with Crippen molar-refractivity contribution in [3.63, 3.8) is 0 Å². The fraction of sp³-hybridized carbons (Fsp3) is 0.286. The Labute approximate surface area is 190 Å². The molecular weight excluding hydrogens is 394 g/mol. The zero-order chi connectivity index (χ0) is 23.3. The van der Waals surface area contributed by atoms with Crippen LogP contribution in [0.2, 0.25) is 0 Å². The van der Waals surface area contributed by atoms with Crippen LogP contribution in [0, 0.1) is 11.3 Å². The first kappa shape index (κ1) is 21.6. The van der Waals surface area contributed by atoms with Crippen LogP contribution in [0.15, 0.2) is 83.7 Å². The highest BCUT2D eigenvalue weighted by Gasteiger charge is 2.39. The molecule has 2 heterocycles. The molecule has 0 radical (unpaired) electrons. The second-order valence-corrected chi connectivity index (χ2v) is 9.54. The summed E-state index contributed by atoms with van der Waals surface area (Å²) in [6, 6.07) is 18.6. The van der Waals surface area contributed by atoms with Gasteiger partial charge in [0.2, 0.25) is 0 Å². The number of likely N-dealkylation sites (N-methyl/N-ethyl adjacent to an activating group) is 2. The monoisotopic (exact) mass is 423 g/mol. The maximum absolute atomic E-state index is 13.1. The normalized spacial score (nSPS) is 21.0. The average Bonchev–Trinajstić information content (AvgIpc) is 3.09. The number of ketones is 1. The Bertz CT molecular complexity index is 1240. The molecule has 162 valence electrons. The molecule has 4 rings (SSSR count). The molecule has 32 heavy (non-hydrogen) atoms. The fourth-order valence-electron chi connectivity index (χ4n) is 5.10. The summed E-state index contributed by atoms with van der Waals surface area (Å²) < 4.78 is 0. The lowest BCUT2D eigenvalue weighted by atomic mass is 9.83. The van der Waals surface area contributed by atoms with Gasteiger partial charge in [0.25, 0.3) is 0 Å². The fourth-order valence-corrected chi connectivity index (χ4v) is 5.10. The molecule has 0 unspecified atom stereocenters. The highest BCUT2D eigenvalue weighted by molar-refractivity contribution is 6.08. The first-order chi connectivity index (χ1) is 15.1. The predicted octanol–water partition coefficient (Wildman–Crippen LogP) is 5.63. The standard InChI is InChI=1S/C28H29N3O/c1-27(2)20-11-7-9-13-22(20)30(5)25(27)16-15-19(18-29)24(32)17-26-28(3,4)21-12-8-10-14-23(21)31(26)6/h7-17H,1-6H3/b19-15+,25-16-,26-17-. The van der Waals surface area contributed by atoms with Gasteiger partial charge in [-0.3, -0.25) is 4.79 Å². The van der Waals surface area contributed by atoms with Crippen LogP contribution in [0.4, 0.5) is 11.4 Å². The summed E-state index contributed by atoms with van der Waals surface area (Å²) in [6.45, 7) is 8.55. The van der Waals surface area contributed by atoms with Crippen molar-refractivity contribution in [3.8, 4) is 6.07 Å². The second kappa shape index (κ2) is 7.53. The van der Waals surface area contributed by atoms with Crippen LogP contribution in [0.1, 0.15) is 38.8 Å². The van der Waals surface area contributed by atoms with Crippen molar-refractivity contribution in [1.29, 1.82) is 5.26 Å². The highest BCUT2D eigenvalue weighted by Crippen LogP contribution is 2.47. The molecule has 0 aromatic heterocycles. The predicted molar refractivity (Wildman–Crippen MR) is 131 cm³/mol. The Balaban J connectivity index is 1.69. The largest absolute Gasteiger partial charge is 0.347 e. The van der Waals surface area contributed by atoms with Crippen LogP contribution in [-0.4, -0.2) is 19.9 Å². The summed E-state index contributed by atoms with van der Waals surface area (Å²) in [5.74, 6) is -0.275. The van der Waals surface area contributed by atoms with E-state index in [1.165, 1.54) is 11.1 Å². The third kappa shape index (κ3) is 3.17. The van der Waals surface area contributed by atoms with Gasteiger partial charge in [0.15, 0.2) is 5.78 Å². The number of nitriles is 1. The van der Waals surface area contributed by atoms with E-state index in [0.717, 1.165) is 22.8 Å². The van der Waals surface area contributed by atoms with E-state index in [9.17, 15) is 10.1 Å². The number of para-hydroxylation sites is 2. The average molecular weight is 424 g/mol. The summed E-state index contributed by atoms with van der Waals surface area (Å²) in [4.78, 5) is 17.3. The molecular formula is C28H29N3O. The SMILES string of the molecule is CN1/C(=C\C=C(/C#N)C(=O)/C=C2\N(C)c3ccccc3C2(C)C)C(C)(C)c2ccccc21. The van der Waals surface area contributed by atoms with Crippen molar-refractivity contribution in [2.24, 2.45) is 0 Å². The van der Waals surface area contributed by atoms with E-state index < -0.39 is 0 Å². The van der Waals surface area contributed by atoms with Gasteiger partial charge in [-0.15, -0.1) is 0 Å². The molecule has 0 N–H and O–H groups in total. The van der Waals surface area contributed by atoms with Gasteiger partial charge in [0, 0.05) is 53.8 Å². The molecule has 0 atom stereocenters. The number of allylic oxidation sites excluding steroid dienone is 6. The first-order valence-electron chi connectivity index (χ1n) is 10.9. The van der Waals surface area contributed by atoms with Crippen molar-refractivity contribution in [2.75, 3.05) is 23.9 Å². The highest BCUT2D eigenvalue weighted by atomic mass is 16.1. The molecule has 4 heteroatoms. The number of fused-ring (bicyclic) bond motifs is 2. The van der Waals surface area contributed by atoms with Crippen LogP contribution in [0.5, 0.6) is 0 Å². The number of hydrogen-bond donors (Lipinski definition) is 0. The number of carbonyl (C=O) groups is 1. The summed E-state index contributed by atoms with van der Waals surface area (Å²) in [5, 5.41) is 9.76. The second-order valence-electron chi connectivity index (χ2n) is 9.54. The van der Waals surface area contributed by atoms with Gasteiger partial charge in [-0.2, -0.15) is 5.26 Å². The number of benzene rings is 2. The zero-order valence-electron chi connectivity index (χ0n) is 19.6. The van der Waals surface area contributed by atoms with Gasteiger partial charge >= 0.3 is 0 Å². The number of rotatable bonds is 3. The van der Waals surface area contributed by atoms with E-state index in [-0.39, 0.29) is 22.2 Å². The summed E-state index contributed by atoms with van der Waals surface area (Å²) >= 11 is 0. The maximum Gasteiger partial charge on any atom is 0.198 e. The van der Waals surface area contributed by atoms with Gasteiger partial charge < -0.3 is 9.80 Å². The topological polar surface area (TPSA) is 47.3 Å². The lowest BCUT2D eigenvalue weighted by Gasteiger charge is -2.24. The number of hydrogen-bond acceptors (Lipinski definition) is 4. The smallest absolute Gasteiger partial charge is 0.198 e. The lowest BCUT2D eigenvalue weighted by Crippen LogP contribution is -2.24. The molecule has 0 saturated heterocycles. The molecule has 0 spiro atoms. The first-order valence-corrected chi connectivity index (χ1v) is 10.9. The van der Waals surface area contributed by atoms with Crippen molar-refractivity contribution in [2.45, 2.75) is 38.5 Å². The van der Waals surface area contributed by atoms with Crippen molar-refractivity contribution >= 4 is 17.2 Å². The van der Waals surface area contributed by atoms with Gasteiger partial charge in [0.05, 0.1) is 5.57 Å². The number of nitrogens with zero attached hydrogens (tertiary/aromatic N) is 3. The molecule has 2 aromatic carbocycles. The Morgan fingerprint density at radius 2 is 1.31 bits per heavy atom. The number of anilines is 2. The van der Waals surface area contributed by atoms with E-state index in [1.807, 2.05) is 49.3 Å². The Morgan fingerprint density at radius 1 is 0.844 bits per heavy atom. The van der Waals surface area contributed by atoms with E-state index >= 15 is 0 Å². The quantitative estimate of drug-likeness (QED) is 0.474. The van der Waals surface area contributed by atoms with Crippen molar-refractivity contribution in [1.82, 2.24) is 0 Å². The van der Waals surface area contributed by atoms with E-state index in [0.29, 0.717) is 0 Å². The minimum atomic E-state index is -0.310. The maximum atomic E-state index is 13.1. The van der Waals surface area contributed by atoms with Crippen LogP contribution < -0.4 is 9.80 Å². The van der Waals surface area contributed by atoms with E-state index in [2.05, 4.69) is 62.9 Å². The third-order valence-electron chi connectivity index (χ3n) is 6.94. The Morgan fingerprint density at radius 3 is 1.81 bits per heavy atom. The van der Waals surface area contributed by atoms with Crippen LogP contribution >= 0.6 is 0 Å². The molecule has 0 aliphatic carbocycles. The van der Waals surface area contributed by atoms with Gasteiger partial charge in [-0.1, -0.05) is 64.1 Å². The van der Waals surface area contributed by atoms with E-state index in [4.69, 9.17) is 0 Å². The third-order valence-corrected chi connectivity index (χ3v) is 6.94. The van der Waals surface area contributed by atoms with Crippen molar-refractivity contribution in [3.05, 3.63) is 94.9 Å². The Kier molecular flexibility index (Phi) is 5.09. The molecule has 4 nitrogen and oxygen atoms in total. The number of carbonyl (C=O) groups excluding carboxylic acids is 1. The van der Waals surface area contributed by atoms with Crippen LogP contribution in [0.25, 0.3) is 0 Å². The molecule has 2 aromatic rings. The molecule has 2 aliphatic rings. The summed E-state index contributed by atoms with van der Waals surface area (Å²) in [5.41, 5.74) is 6.21. The molecule has 0 fully saturated rings. The van der Waals surface area contributed by atoms with E-state index in [1.54, 1.807) is 12.2 Å². The molecule has 0 amide bonds. The van der Waals surface area contributed by atoms with Gasteiger partial charge in [0.1, 0.15) is 6.07 Å². The molecule has 2 aliphatic heterocycles. The summed E-state index contributed by atoms with van der Waals surface area (Å²) in [6.07, 6.45) is 5.19. The zero-order valence-corrected chi connectivity index (χ0v) is 19.6. The van der Waals surface area contributed by atoms with Gasteiger partial charge in [-0.05, 0) is 35.4 Å². The minimum Gasteiger partial charge on any atom is -0.347 e. The minimum absolute atomic E-state index is 0.130. The van der Waals surface area contributed by atoms with Gasteiger partial charge in [-0.25, -0.2) is 0 Å². The van der Waals surface area contributed by atoms with Crippen LogP contribution in [-0.2, 0) is 15.6 Å². The molecule has 0 bridgehead atoms. The van der Waals surface area contributed by atoms with Crippen LogP contribution in [0.3, 0.4) is 0 Å². The van der Waals surface area contributed by atoms with Crippen molar-refractivity contribution < 1.29 is 4.79 Å². The lowest BCUT2D eigenvalue weighted by molar-refractivity contribution is -0.111. The molecule has 0 saturated carbocycles. The Hall–Kier alpha value is -3.58.